The fourth-order valence-corrected chi connectivity index (χ4v) is 5.79. The molecule has 2 N–H and O–H groups in total. The predicted octanol–water partition coefficient (Wildman–Crippen LogP) is 5.52. The van der Waals surface area contributed by atoms with Crippen molar-refractivity contribution < 1.29 is 41.3 Å². The Kier molecular flexibility index (Phi) is 9.63. The molecule has 0 aliphatic carbocycles. The van der Waals surface area contributed by atoms with Crippen LogP contribution in [0.2, 0.25) is 0 Å². The number of amides is 1. The molecule has 8 nitrogen and oxygen atoms in total. The Morgan fingerprint density at radius 3 is 2.09 bits per heavy atom. The highest BCUT2D eigenvalue weighted by Gasteiger charge is 2.38. The minimum absolute atomic E-state index is 0.0663. The maximum atomic E-state index is 14.0. The van der Waals surface area contributed by atoms with Crippen LogP contribution >= 0.6 is 11.8 Å². The maximum Gasteiger partial charge on any atom is 0.257 e. The Labute approximate surface area is 253 Å². The second-order valence-corrected chi connectivity index (χ2v) is 11.2. The van der Waals surface area contributed by atoms with Crippen LogP contribution in [0.5, 0.6) is 0 Å². The lowest BCUT2D eigenvalue weighted by molar-refractivity contribution is -0.268. The Bertz CT molecular complexity index is 1610. The average Bonchev–Trinajstić information content (AvgIpc) is 3.46. The number of aliphatic hydroxyl groups is 1. The number of carbonyl (C=O) groups excluding carboxylic acids is 1. The number of carbonyl (C=O) groups is 1. The van der Waals surface area contributed by atoms with Gasteiger partial charge in [0.15, 0.2) is 34.7 Å². The summed E-state index contributed by atoms with van der Waals surface area (Å²) in [5, 5.41) is 20.4. The van der Waals surface area contributed by atoms with E-state index in [0.29, 0.717) is 16.9 Å². The van der Waals surface area contributed by atoms with Crippen molar-refractivity contribution in [1.29, 1.82) is 0 Å². The van der Waals surface area contributed by atoms with Crippen LogP contribution in [0.3, 0.4) is 0 Å². The lowest BCUT2D eigenvalue weighted by atomic mass is 9.91. The van der Waals surface area contributed by atoms with Crippen LogP contribution in [0.4, 0.5) is 22.0 Å². The quantitative estimate of drug-likeness (QED) is 0.108. The SMILES string of the molecule is C[C@H]1[C@@H](CSc2nncn2C)O[C@@H](c2ccc(CNC(=O)c3c(F)c(F)c(F)c(F)c3F)cc2)O[C@H]1c1ccc(CO)cc1. The molecule has 1 amide bonds. The van der Waals surface area contributed by atoms with E-state index in [1.54, 1.807) is 35.2 Å². The van der Waals surface area contributed by atoms with Crippen LogP contribution in [-0.4, -0.2) is 37.6 Å². The van der Waals surface area contributed by atoms with E-state index in [1.165, 1.54) is 11.8 Å². The zero-order valence-corrected chi connectivity index (χ0v) is 24.3. The van der Waals surface area contributed by atoms with Gasteiger partial charge < -0.3 is 24.5 Å². The monoisotopic (exact) mass is 634 g/mol. The summed E-state index contributed by atoms with van der Waals surface area (Å²) in [4.78, 5) is 12.3. The van der Waals surface area contributed by atoms with E-state index < -0.39 is 46.8 Å². The summed E-state index contributed by atoms with van der Waals surface area (Å²) in [6.07, 6.45) is 0.207. The van der Waals surface area contributed by atoms with Crippen molar-refractivity contribution in [1.82, 2.24) is 20.1 Å². The second kappa shape index (κ2) is 13.4. The van der Waals surface area contributed by atoms with Gasteiger partial charge in [0.25, 0.3) is 5.91 Å². The van der Waals surface area contributed by atoms with Crippen LogP contribution < -0.4 is 5.32 Å². The van der Waals surface area contributed by atoms with E-state index in [2.05, 4.69) is 15.5 Å². The Morgan fingerprint density at radius 2 is 1.50 bits per heavy atom. The van der Waals surface area contributed by atoms with Gasteiger partial charge in [0.1, 0.15) is 11.9 Å². The molecule has 0 radical (unpaired) electrons. The van der Waals surface area contributed by atoms with Gasteiger partial charge in [0.05, 0.1) is 18.8 Å². The van der Waals surface area contributed by atoms with Crippen molar-refractivity contribution in [2.45, 2.75) is 43.7 Å². The van der Waals surface area contributed by atoms with Crippen molar-refractivity contribution in [2.24, 2.45) is 13.0 Å². The smallest absolute Gasteiger partial charge is 0.257 e. The van der Waals surface area contributed by atoms with Gasteiger partial charge in [0, 0.05) is 30.8 Å². The fourth-order valence-electron chi connectivity index (χ4n) is 4.74. The van der Waals surface area contributed by atoms with Gasteiger partial charge in [-0.1, -0.05) is 67.2 Å². The summed E-state index contributed by atoms with van der Waals surface area (Å²) in [6.45, 7) is 1.69. The molecule has 0 unspecified atom stereocenters. The number of halogens is 5. The number of nitrogens with zero attached hydrogens (tertiary/aromatic N) is 3. The molecule has 44 heavy (non-hydrogen) atoms. The normalized spacial score (nSPS) is 20.1. The molecular formula is C30H27F5N4O4S. The molecule has 1 aliphatic rings. The molecule has 4 aromatic rings. The number of hydrogen-bond donors (Lipinski definition) is 2. The van der Waals surface area contributed by atoms with E-state index in [4.69, 9.17) is 9.47 Å². The number of hydrogen-bond acceptors (Lipinski definition) is 7. The molecule has 2 heterocycles. The first-order chi connectivity index (χ1) is 21.1. The van der Waals surface area contributed by atoms with Crippen LogP contribution in [0.15, 0.2) is 60.0 Å². The molecule has 1 saturated heterocycles. The number of thioether (sulfide) groups is 1. The molecule has 0 bridgehead atoms. The van der Waals surface area contributed by atoms with E-state index in [0.717, 1.165) is 16.3 Å². The molecule has 0 spiro atoms. The van der Waals surface area contributed by atoms with Crippen molar-refractivity contribution in [3.63, 3.8) is 0 Å². The molecule has 1 aliphatic heterocycles. The fraction of sp³-hybridized carbons (Fsp3) is 0.300. The molecule has 4 atom stereocenters. The van der Waals surface area contributed by atoms with Gasteiger partial charge >= 0.3 is 0 Å². The van der Waals surface area contributed by atoms with Crippen LogP contribution in [0.25, 0.3) is 0 Å². The third-order valence-corrected chi connectivity index (χ3v) is 8.43. The first kappa shape index (κ1) is 31.6. The highest BCUT2D eigenvalue weighted by molar-refractivity contribution is 7.99. The molecule has 14 heteroatoms. The zero-order chi connectivity index (χ0) is 31.5. The second-order valence-electron chi connectivity index (χ2n) is 10.2. The number of aryl methyl sites for hydroxylation is 1. The van der Waals surface area contributed by atoms with Gasteiger partial charge in [-0.25, -0.2) is 22.0 Å². The van der Waals surface area contributed by atoms with E-state index in [1.807, 2.05) is 38.2 Å². The van der Waals surface area contributed by atoms with Gasteiger partial charge in [0.2, 0.25) is 5.82 Å². The Morgan fingerprint density at radius 1 is 0.909 bits per heavy atom. The van der Waals surface area contributed by atoms with Gasteiger partial charge in [-0.05, 0) is 16.7 Å². The number of ether oxygens (including phenoxy) is 2. The Hall–Kier alpha value is -3.85. The maximum absolute atomic E-state index is 14.0. The Balaban J connectivity index is 1.31. The third kappa shape index (κ3) is 6.48. The van der Waals surface area contributed by atoms with Crippen molar-refractivity contribution in [3.8, 4) is 0 Å². The van der Waals surface area contributed by atoms with Crippen molar-refractivity contribution in [2.75, 3.05) is 5.75 Å². The topological polar surface area (TPSA) is 98.5 Å². The van der Waals surface area contributed by atoms with E-state index in [9.17, 15) is 31.9 Å². The molecule has 1 fully saturated rings. The number of aliphatic hydroxyl groups excluding tert-OH is 1. The summed E-state index contributed by atoms with van der Waals surface area (Å²) in [5.41, 5.74) is 1.25. The third-order valence-electron chi connectivity index (χ3n) is 7.31. The molecule has 5 rings (SSSR count). The minimum Gasteiger partial charge on any atom is -0.392 e. The number of benzene rings is 3. The molecular weight excluding hydrogens is 607 g/mol. The average molecular weight is 635 g/mol. The molecule has 232 valence electrons. The van der Waals surface area contributed by atoms with Crippen LogP contribution in [0.1, 0.15) is 51.9 Å². The number of nitrogens with one attached hydrogen (secondary N) is 1. The number of rotatable bonds is 9. The predicted molar refractivity (Wildman–Crippen MR) is 149 cm³/mol. The minimum atomic E-state index is -2.34. The highest BCUT2D eigenvalue weighted by Crippen LogP contribution is 2.43. The summed E-state index contributed by atoms with van der Waals surface area (Å²) in [7, 11) is 1.85. The van der Waals surface area contributed by atoms with Crippen molar-refractivity contribution >= 4 is 17.7 Å². The van der Waals surface area contributed by atoms with Crippen LogP contribution in [-0.2, 0) is 29.7 Å². The van der Waals surface area contributed by atoms with Crippen LogP contribution in [0, 0.1) is 35.0 Å². The summed E-state index contributed by atoms with van der Waals surface area (Å²) in [5.74, 6) is -12.1. The number of aromatic nitrogens is 3. The lowest BCUT2D eigenvalue weighted by Gasteiger charge is -2.41. The first-order valence-corrected chi connectivity index (χ1v) is 14.4. The zero-order valence-electron chi connectivity index (χ0n) is 23.4. The largest absolute Gasteiger partial charge is 0.392 e. The van der Waals surface area contributed by atoms with Gasteiger partial charge in [-0.15, -0.1) is 10.2 Å². The van der Waals surface area contributed by atoms with Crippen molar-refractivity contribution in [3.05, 3.63) is 112 Å². The summed E-state index contributed by atoms with van der Waals surface area (Å²) < 4.78 is 83.0. The van der Waals surface area contributed by atoms with E-state index >= 15 is 0 Å². The standard InChI is InChI=1S/C30H27F5N4O4S/c1-15-20(13-44-30-38-37-14-39(30)2)42-29(43-27(15)18-7-5-17(12-40)6-8-18)19-9-3-16(4-10-19)11-36-28(41)21-22(31)24(33)26(35)25(34)23(21)32/h3-10,14-15,20,27,29,40H,11-13H2,1-2H3,(H,36,41)/t15-,20+,27+,29+/m0/s1. The molecule has 0 saturated carbocycles. The summed E-state index contributed by atoms with van der Waals surface area (Å²) in [6, 6.07) is 14.1. The van der Waals surface area contributed by atoms with E-state index in [-0.39, 0.29) is 31.3 Å². The van der Waals surface area contributed by atoms with Gasteiger partial charge in [-0.3, -0.25) is 4.79 Å². The highest BCUT2D eigenvalue weighted by atomic mass is 32.2. The summed E-state index contributed by atoms with van der Waals surface area (Å²) >= 11 is 1.49. The molecule has 3 aromatic carbocycles. The first-order valence-electron chi connectivity index (χ1n) is 13.4. The molecule has 1 aromatic heterocycles. The van der Waals surface area contributed by atoms with Gasteiger partial charge in [-0.2, -0.15) is 0 Å². The lowest BCUT2D eigenvalue weighted by Crippen LogP contribution is -2.38.